The molecular formula is C14H20N4O12Zn+2. The monoisotopic (exact) mass is 500 g/mol. The van der Waals surface area contributed by atoms with Gasteiger partial charge in [0, 0.05) is 0 Å². The van der Waals surface area contributed by atoms with Crippen LogP contribution >= 0.6 is 0 Å². The summed E-state index contributed by atoms with van der Waals surface area (Å²) in [7, 11) is 2.38. The Morgan fingerprint density at radius 2 is 0.871 bits per heavy atom. The van der Waals surface area contributed by atoms with Crippen molar-refractivity contribution in [2.45, 2.75) is 0 Å². The number of aromatic nitrogens is 4. The summed E-state index contributed by atoms with van der Waals surface area (Å²) in [4.78, 5) is 42.1. The minimum atomic E-state index is -1.44. The third-order valence-electron chi connectivity index (χ3n) is 2.54. The molecule has 0 amide bonds. The summed E-state index contributed by atoms with van der Waals surface area (Å²) >= 11 is 0. The molecule has 2 aromatic heterocycles. The maximum absolute atomic E-state index is 10.8. The van der Waals surface area contributed by atoms with Gasteiger partial charge in [0.25, 0.3) is 0 Å². The molecule has 0 aliphatic carbocycles. The van der Waals surface area contributed by atoms with Crippen molar-refractivity contribution < 1.29 is 80.2 Å². The first-order chi connectivity index (χ1) is 12.3. The molecule has 2 heterocycles. The summed E-state index contributed by atoms with van der Waals surface area (Å²) in [6.07, 6.45) is 0. The Hall–Kier alpha value is -3.50. The molecule has 16 nitrogen and oxygen atoms in total. The molecule has 0 fully saturated rings. The van der Waals surface area contributed by atoms with E-state index in [9.17, 15) is 29.4 Å². The maximum atomic E-state index is 10.8. The summed E-state index contributed by atoms with van der Waals surface area (Å²) in [6.45, 7) is 0. The van der Waals surface area contributed by atoms with Crippen molar-refractivity contribution in [1.82, 2.24) is 20.4 Å². The SMILES string of the molecule is COC(=O)c1ccc(C(=O)[O-])nn1.COC(=O)c1ccc(C(=O)[O-])nn1.O.O.[OH3+].[OH3+].[Zn+2]. The van der Waals surface area contributed by atoms with E-state index in [-0.39, 0.29) is 64.2 Å². The minimum absolute atomic E-state index is 0. The van der Waals surface area contributed by atoms with Gasteiger partial charge in [-0.25, -0.2) is 9.59 Å². The van der Waals surface area contributed by atoms with Crippen LogP contribution in [0.1, 0.15) is 42.0 Å². The normalized spacial score (nSPS) is 7.81. The van der Waals surface area contributed by atoms with E-state index in [0.29, 0.717) is 0 Å². The number of methoxy groups -OCH3 is 2. The summed E-state index contributed by atoms with van der Waals surface area (Å²) < 4.78 is 8.66. The van der Waals surface area contributed by atoms with Gasteiger partial charge in [-0.3, -0.25) is 0 Å². The Bertz CT molecular complexity index is 748. The zero-order valence-electron chi connectivity index (χ0n) is 16.2. The summed E-state index contributed by atoms with van der Waals surface area (Å²) in [5, 5.41) is 33.6. The zero-order valence-corrected chi connectivity index (χ0v) is 19.2. The van der Waals surface area contributed by atoms with E-state index in [1.54, 1.807) is 0 Å². The molecule has 0 saturated heterocycles. The Morgan fingerprint density at radius 1 is 0.645 bits per heavy atom. The predicted molar refractivity (Wildman–Crippen MR) is 92.4 cm³/mol. The second-order valence-electron chi connectivity index (χ2n) is 4.17. The third kappa shape index (κ3) is 11.9. The summed E-state index contributed by atoms with van der Waals surface area (Å²) in [6, 6.07) is 4.64. The molecule has 17 heteroatoms. The van der Waals surface area contributed by atoms with Crippen LogP contribution in [0.5, 0.6) is 0 Å². The van der Waals surface area contributed by atoms with Crippen LogP contribution in [0.3, 0.4) is 0 Å². The van der Waals surface area contributed by atoms with Gasteiger partial charge in [-0.2, -0.15) is 0 Å². The second-order valence-corrected chi connectivity index (χ2v) is 4.17. The van der Waals surface area contributed by atoms with Gasteiger partial charge in [0.15, 0.2) is 11.4 Å². The number of aromatic carboxylic acids is 2. The Morgan fingerprint density at radius 3 is 1.03 bits per heavy atom. The largest absolute Gasteiger partial charge is 2.00 e. The summed E-state index contributed by atoms with van der Waals surface area (Å²) in [5.74, 6) is -4.22. The first kappa shape index (κ1) is 38.1. The third-order valence-corrected chi connectivity index (χ3v) is 2.54. The van der Waals surface area contributed by atoms with Gasteiger partial charge in [-0.1, -0.05) is 0 Å². The number of rotatable bonds is 4. The molecule has 0 saturated carbocycles. The Balaban J connectivity index is -0.000000125. The molecule has 0 unspecified atom stereocenters. The summed E-state index contributed by atoms with van der Waals surface area (Å²) in [5.41, 5.74) is -0.750. The van der Waals surface area contributed by atoms with Crippen molar-refractivity contribution in [3.63, 3.8) is 0 Å². The van der Waals surface area contributed by atoms with Crippen molar-refractivity contribution in [3.05, 3.63) is 47.0 Å². The van der Waals surface area contributed by atoms with Gasteiger partial charge < -0.3 is 51.2 Å². The molecule has 0 radical (unpaired) electrons. The number of hydrogen-bond donors (Lipinski definition) is 0. The van der Waals surface area contributed by atoms with Crippen molar-refractivity contribution in [3.8, 4) is 0 Å². The Kier molecular flexibility index (Phi) is 22.8. The molecule has 2 rings (SSSR count). The van der Waals surface area contributed by atoms with Crippen LogP contribution in [-0.2, 0) is 39.9 Å². The number of carboxylic acids is 2. The van der Waals surface area contributed by atoms with Gasteiger partial charge in [-0.05, 0) is 24.3 Å². The van der Waals surface area contributed by atoms with Crippen LogP contribution in [0.4, 0.5) is 0 Å². The zero-order chi connectivity index (χ0) is 19.7. The quantitative estimate of drug-likeness (QED) is 0.214. The van der Waals surface area contributed by atoms with E-state index >= 15 is 0 Å². The van der Waals surface area contributed by atoms with Gasteiger partial charge in [0.05, 0.1) is 26.2 Å². The van der Waals surface area contributed by atoms with Crippen LogP contribution < -0.4 is 10.2 Å². The number of nitrogens with zero attached hydrogens (tertiary/aromatic N) is 4. The fourth-order valence-electron chi connectivity index (χ4n) is 1.31. The van der Waals surface area contributed by atoms with Crippen LogP contribution in [0.25, 0.3) is 0 Å². The molecule has 0 bridgehead atoms. The van der Waals surface area contributed by atoms with Crippen molar-refractivity contribution in [1.29, 1.82) is 0 Å². The van der Waals surface area contributed by atoms with Crippen LogP contribution in [0.15, 0.2) is 24.3 Å². The second kappa shape index (κ2) is 18.5. The van der Waals surface area contributed by atoms with E-state index in [4.69, 9.17) is 0 Å². The van der Waals surface area contributed by atoms with Gasteiger partial charge in [-0.15, -0.1) is 20.4 Å². The number of carbonyl (C=O) groups excluding carboxylic acids is 4. The van der Waals surface area contributed by atoms with Gasteiger partial charge in [0.2, 0.25) is 0 Å². The molecule has 0 atom stereocenters. The fourth-order valence-corrected chi connectivity index (χ4v) is 1.31. The van der Waals surface area contributed by atoms with Crippen molar-refractivity contribution in [2.75, 3.05) is 14.2 Å². The first-order valence-electron chi connectivity index (χ1n) is 6.57. The number of carbonyl (C=O) groups is 4. The molecule has 2 aromatic rings. The average molecular weight is 502 g/mol. The topological polar surface area (TPSA) is 313 Å². The van der Waals surface area contributed by atoms with E-state index in [2.05, 4.69) is 29.9 Å². The predicted octanol–water partition coefficient (Wildman–Crippen LogP) is -6.24. The van der Waals surface area contributed by atoms with E-state index in [1.807, 2.05) is 0 Å². The molecule has 0 aliphatic rings. The van der Waals surface area contributed by atoms with E-state index < -0.39 is 23.9 Å². The van der Waals surface area contributed by atoms with Crippen LogP contribution in [0, 0.1) is 0 Å². The van der Waals surface area contributed by atoms with Crippen molar-refractivity contribution in [2.24, 2.45) is 0 Å². The molecule has 0 aliphatic heterocycles. The first-order valence-corrected chi connectivity index (χ1v) is 6.57. The smallest absolute Gasteiger partial charge is 0.543 e. The number of hydrogen-bond acceptors (Lipinski definition) is 12. The molecular weight excluding hydrogens is 482 g/mol. The maximum Gasteiger partial charge on any atom is 2.00 e. The van der Waals surface area contributed by atoms with Gasteiger partial charge >= 0.3 is 31.4 Å². The minimum Gasteiger partial charge on any atom is -0.543 e. The van der Waals surface area contributed by atoms with E-state index in [0.717, 1.165) is 12.1 Å². The molecule has 0 aromatic carbocycles. The fraction of sp³-hybridized carbons (Fsp3) is 0.143. The molecule has 10 N–H and O–H groups in total. The van der Waals surface area contributed by atoms with Crippen molar-refractivity contribution >= 4 is 23.9 Å². The van der Waals surface area contributed by atoms with Gasteiger partial charge in [0.1, 0.15) is 11.4 Å². The Labute approximate surface area is 186 Å². The number of carboxylic acid groups (broad SMARTS) is 2. The molecule has 168 valence electrons. The molecule has 0 spiro atoms. The number of ether oxygens (including phenoxy) is 2. The van der Waals surface area contributed by atoms with E-state index in [1.165, 1.54) is 26.4 Å². The standard InChI is InChI=1S/2C7H6N2O4.4H2O.Zn/c2*1-13-7(12)5-3-2-4(6(10)11)8-9-5;;;;;/h2*2-3H,1H3,(H,10,11);4*1H2;/q;;;;;;+2. The van der Waals surface area contributed by atoms with Crippen LogP contribution in [-0.4, -0.2) is 69.4 Å². The molecule has 31 heavy (non-hydrogen) atoms. The van der Waals surface area contributed by atoms with Crippen LogP contribution in [0.2, 0.25) is 0 Å². The average Bonchev–Trinajstić information content (AvgIpc) is 2.67. The number of esters is 2.